The molecule has 24 heavy (non-hydrogen) atoms. The van der Waals surface area contributed by atoms with Gasteiger partial charge in [0.1, 0.15) is 23.9 Å². The molecule has 0 spiro atoms. The Balaban J connectivity index is 2.65. The van der Waals surface area contributed by atoms with Crippen LogP contribution < -0.4 is 5.32 Å². The molecule has 0 aliphatic carbocycles. The number of ether oxygens (including phenoxy) is 1. The first kappa shape index (κ1) is 18.7. The summed E-state index contributed by atoms with van der Waals surface area (Å²) in [6.45, 7) is 2.51. The second-order valence-electron chi connectivity index (χ2n) is 4.98. The maximum atomic E-state index is 11.9. The minimum atomic E-state index is -0.399. The van der Waals surface area contributed by atoms with E-state index >= 15 is 0 Å². The molecule has 0 unspecified atom stereocenters. The summed E-state index contributed by atoms with van der Waals surface area (Å²) in [5.41, 5.74) is 0.465. The van der Waals surface area contributed by atoms with Crippen molar-refractivity contribution in [2.45, 2.75) is 32.6 Å². The van der Waals surface area contributed by atoms with Gasteiger partial charge in [-0.3, -0.25) is 0 Å². The fraction of sp³-hybridized carbons (Fsp3) is 0.333. The summed E-state index contributed by atoms with van der Waals surface area (Å²) >= 11 is 0. The Labute approximate surface area is 141 Å². The number of rotatable bonds is 8. The highest BCUT2D eigenvalue weighted by molar-refractivity contribution is 5.89. The molecule has 1 N–H and O–H groups in total. The normalized spacial score (nSPS) is 9.08. The minimum absolute atomic E-state index is 0.133. The van der Waals surface area contributed by atoms with Crippen molar-refractivity contribution in [1.29, 1.82) is 15.8 Å². The third-order valence-corrected chi connectivity index (χ3v) is 3.21. The average Bonchev–Trinajstić information content (AvgIpc) is 2.62. The smallest absolute Gasteiger partial charge is 0.338 e. The third kappa shape index (κ3) is 5.83. The van der Waals surface area contributed by atoms with Crippen LogP contribution in [0.2, 0.25) is 0 Å². The van der Waals surface area contributed by atoms with Crippen molar-refractivity contribution < 1.29 is 9.53 Å². The quantitative estimate of drug-likeness (QED) is 0.444. The number of carbonyl (C=O) groups excluding carboxylic acids is 1. The highest BCUT2D eigenvalue weighted by Crippen LogP contribution is 2.14. The molecule has 0 atom stereocenters. The molecule has 0 amide bonds. The van der Waals surface area contributed by atoms with Crippen LogP contribution in [0.15, 0.2) is 35.5 Å². The molecule has 0 aliphatic heterocycles. The van der Waals surface area contributed by atoms with Gasteiger partial charge in [-0.2, -0.15) is 15.8 Å². The summed E-state index contributed by atoms with van der Waals surface area (Å²) in [5.74, 6) is -0.399. The van der Waals surface area contributed by atoms with Crippen LogP contribution in [0.1, 0.15) is 43.0 Å². The molecule has 0 fully saturated rings. The first-order valence-corrected chi connectivity index (χ1v) is 7.65. The van der Waals surface area contributed by atoms with Gasteiger partial charge >= 0.3 is 5.97 Å². The topological polar surface area (TPSA) is 110 Å². The zero-order valence-electron chi connectivity index (χ0n) is 13.5. The van der Waals surface area contributed by atoms with Crippen LogP contribution in [-0.2, 0) is 4.74 Å². The number of nitrogens with zero attached hydrogens (tertiary/aromatic N) is 3. The largest absolute Gasteiger partial charge is 0.462 e. The molecular weight excluding hydrogens is 304 g/mol. The summed E-state index contributed by atoms with van der Waals surface area (Å²) < 4.78 is 5.18. The van der Waals surface area contributed by atoms with Crippen molar-refractivity contribution in [1.82, 2.24) is 0 Å². The SMILES string of the molecule is CCCCCCOC(=O)c1ccc(NC(C#N)=C(C#N)C#N)cc1. The number of allylic oxidation sites excluding steroid dienone is 2. The van der Waals surface area contributed by atoms with Crippen LogP contribution in [-0.4, -0.2) is 12.6 Å². The molecule has 6 heteroatoms. The van der Waals surface area contributed by atoms with Crippen molar-refractivity contribution in [2.75, 3.05) is 11.9 Å². The molecule has 1 aromatic rings. The number of benzene rings is 1. The summed E-state index contributed by atoms with van der Waals surface area (Å²) in [6.07, 6.45) is 4.14. The van der Waals surface area contributed by atoms with Crippen molar-refractivity contribution in [3.05, 3.63) is 41.1 Å². The van der Waals surface area contributed by atoms with Gasteiger partial charge in [-0.15, -0.1) is 0 Å². The zero-order chi connectivity index (χ0) is 17.8. The van der Waals surface area contributed by atoms with E-state index in [1.165, 1.54) is 0 Å². The first-order valence-electron chi connectivity index (χ1n) is 7.65. The summed E-state index contributed by atoms with van der Waals surface area (Å²) in [4.78, 5) is 11.9. The molecule has 1 aromatic carbocycles. The van der Waals surface area contributed by atoms with Gasteiger partial charge in [-0.05, 0) is 30.7 Å². The Morgan fingerprint density at radius 2 is 1.71 bits per heavy atom. The lowest BCUT2D eigenvalue weighted by molar-refractivity contribution is 0.0498. The van der Waals surface area contributed by atoms with Crippen molar-refractivity contribution in [2.24, 2.45) is 0 Å². The minimum Gasteiger partial charge on any atom is -0.462 e. The molecule has 0 saturated heterocycles. The summed E-state index contributed by atoms with van der Waals surface area (Å²) in [6, 6.07) is 11.3. The molecule has 0 aromatic heterocycles. The number of nitrogens with one attached hydrogen (secondary N) is 1. The lowest BCUT2D eigenvalue weighted by atomic mass is 10.2. The lowest BCUT2D eigenvalue weighted by Gasteiger charge is -2.07. The highest BCUT2D eigenvalue weighted by atomic mass is 16.5. The maximum Gasteiger partial charge on any atom is 0.338 e. The zero-order valence-corrected chi connectivity index (χ0v) is 13.5. The van der Waals surface area contributed by atoms with E-state index < -0.39 is 5.97 Å². The fourth-order valence-corrected chi connectivity index (χ4v) is 1.89. The van der Waals surface area contributed by atoms with Crippen LogP contribution in [0.3, 0.4) is 0 Å². The van der Waals surface area contributed by atoms with E-state index in [4.69, 9.17) is 20.5 Å². The monoisotopic (exact) mass is 322 g/mol. The van der Waals surface area contributed by atoms with Gasteiger partial charge in [-0.1, -0.05) is 26.2 Å². The Kier molecular flexibility index (Phi) is 8.15. The van der Waals surface area contributed by atoms with Gasteiger partial charge in [0.05, 0.1) is 12.2 Å². The Morgan fingerprint density at radius 1 is 1.04 bits per heavy atom. The van der Waals surface area contributed by atoms with Crippen molar-refractivity contribution >= 4 is 11.7 Å². The lowest BCUT2D eigenvalue weighted by Crippen LogP contribution is -2.07. The predicted molar refractivity (Wildman–Crippen MR) is 88.4 cm³/mol. The summed E-state index contributed by atoms with van der Waals surface area (Å²) in [7, 11) is 0. The number of hydrogen-bond donors (Lipinski definition) is 1. The van der Waals surface area contributed by atoms with Gasteiger partial charge in [0.15, 0.2) is 5.57 Å². The third-order valence-electron chi connectivity index (χ3n) is 3.21. The molecule has 0 saturated carbocycles. The predicted octanol–water partition coefficient (Wildman–Crippen LogP) is 3.66. The number of carbonyl (C=O) groups is 1. The Morgan fingerprint density at radius 3 is 2.25 bits per heavy atom. The second-order valence-corrected chi connectivity index (χ2v) is 4.98. The average molecular weight is 322 g/mol. The van der Waals surface area contributed by atoms with Crippen LogP contribution in [0.5, 0.6) is 0 Å². The molecule has 6 nitrogen and oxygen atoms in total. The molecule has 0 aliphatic rings. The van der Waals surface area contributed by atoms with Gasteiger partial charge < -0.3 is 10.1 Å². The van der Waals surface area contributed by atoms with Crippen LogP contribution in [0.4, 0.5) is 5.69 Å². The van der Waals surface area contributed by atoms with E-state index in [1.54, 1.807) is 42.5 Å². The number of hydrogen-bond acceptors (Lipinski definition) is 6. The number of esters is 1. The molecule has 122 valence electrons. The van der Waals surface area contributed by atoms with E-state index in [0.29, 0.717) is 17.9 Å². The molecule has 0 bridgehead atoms. The fourth-order valence-electron chi connectivity index (χ4n) is 1.89. The van der Waals surface area contributed by atoms with Crippen LogP contribution >= 0.6 is 0 Å². The van der Waals surface area contributed by atoms with E-state index in [1.807, 2.05) is 0 Å². The van der Waals surface area contributed by atoms with Gasteiger partial charge in [0.2, 0.25) is 0 Å². The van der Waals surface area contributed by atoms with E-state index in [0.717, 1.165) is 25.7 Å². The molecule has 1 rings (SSSR count). The Bertz CT molecular complexity index is 699. The number of nitriles is 3. The van der Waals surface area contributed by atoms with Crippen LogP contribution in [0, 0.1) is 34.0 Å². The standard InChI is InChI=1S/C18H18N4O2/c1-2-3-4-5-10-24-18(23)14-6-8-16(9-7-14)22-17(13-21)15(11-19)12-20/h6-9,22H,2-5,10H2,1H3. The van der Waals surface area contributed by atoms with Crippen molar-refractivity contribution in [3.63, 3.8) is 0 Å². The van der Waals surface area contributed by atoms with Gasteiger partial charge in [-0.25, -0.2) is 4.79 Å². The van der Waals surface area contributed by atoms with E-state index in [2.05, 4.69) is 12.2 Å². The van der Waals surface area contributed by atoms with E-state index in [9.17, 15) is 4.79 Å². The molecular formula is C18H18N4O2. The molecule has 0 heterocycles. The highest BCUT2D eigenvalue weighted by Gasteiger charge is 2.09. The molecule has 0 radical (unpaired) electrons. The first-order chi connectivity index (χ1) is 11.7. The van der Waals surface area contributed by atoms with Gasteiger partial charge in [0, 0.05) is 5.69 Å². The van der Waals surface area contributed by atoms with E-state index in [-0.39, 0.29) is 11.3 Å². The summed E-state index contributed by atoms with van der Waals surface area (Å²) in [5, 5.41) is 29.2. The second kappa shape index (κ2) is 10.4. The van der Waals surface area contributed by atoms with Crippen LogP contribution in [0.25, 0.3) is 0 Å². The Hall–Kier alpha value is -3.30. The maximum absolute atomic E-state index is 11.9. The van der Waals surface area contributed by atoms with Gasteiger partial charge in [0.25, 0.3) is 0 Å². The number of anilines is 1. The van der Waals surface area contributed by atoms with Crippen molar-refractivity contribution in [3.8, 4) is 18.2 Å². The number of unbranched alkanes of at least 4 members (excludes halogenated alkanes) is 3.